The highest BCUT2D eigenvalue weighted by molar-refractivity contribution is 5.06. The Balaban J connectivity index is 1.78. The molecular weight excluding hydrogens is 186 g/mol. The van der Waals surface area contributed by atoms with Crippen molar-refractivity contribution in [3.05, 3.63) is 0 Å². The Labute approximate surface area is 92.8 Å². The first-order valence-electron chi connectivity index (χ1n) is 6.58. The summed E-state index contributed by atoms with van der Waals surface area (Å²) in [7, 11) is 0. The Bertz CT molecular complexity index is 253. The predicted octanol–water partition coefficient (Wildman–Crippen LogP) is 2.68. The van der Waals surface area contributed by atoms with Gasteiger partial charge in [-0.05, 0) is 38.0 Å². The van der Waals surface area contributed by atoms with E-state index in [4.69, 9.17) is 4.74 Å². The van der Waals surface area contributed by atoms with E-state index in [1.54, 1.807) is 0 Å². The van der Waals surface area contributed by atoms with Crippen molar-refractivity contribution in [2.24, 2.45) is 11.3 Å². The van der Waals surface area contributed by atoms with Gasteiger partial charge in [-0.2, -0.15) is 0 Å². The topological polar surface area (TPSA) is 21.3 Å². The zero-order chi connectivity index (χ0) is 10.5. The lowest BCUT2D eigenvalue weighted by molar-refractivity contribution is -0.224. The summed E-state index contributed by atoms with van der Waals surface area (Å²) in [4.78, 5) is 0. The van der Waals surface area contributed by atoms with Crippen LogP contribution in [-0.2, 0) is 4.74 Å². The summed E-state index contributed by atoms with van der Waals surface area (Å²) in [5.74, 6) is 0.742. The molecule has 1 N–H and O–H groups in total. The summed E-state index contributed by atoms with van der Waals surface area (Å²) in [6.45, 7) is 5.73. The number of hydrogen-bond donors (Lipinski definition) is 1. The van der Waals surface area contributed by atoms with Crippen LogP contribution in [0.1, 0.15) is 52.4 Å². The molecule has 3 fully saturated rings. The van der Waals surface area contributed by atoms with Crippen LogP contribution in [0, 0.1) is 11.3 Å². The minimum absolute atomic E-state index is 0.0930. The van der Waals surface area contributed by atoms with Crippen LogP contribution in [0.5, 0.6) is 0 Å². The van der Waals surface area contributed by atoms with Crippen molar-refractivity contribution in [3.8, 4) is 0 Å². The number of hydrogen-bond acceptors (Lipinski definition) is 2. The second-order valence-electron chi connectivity index (χ2n) is 6.22. The van der Waals surface area contributed by atoms with Gasteiger partial charge in [-0.25, -0.2) is 0 Å². The van der Waals surface area contributed by atoms with Gasteiger partial charge in [0.15, 0.2) is 0 Å². The van der Waals surface area contributed by atoms with E-state index in [9.17, 15) is 0 Å². The zero-order valence-corrected chi connectivity index (χ0v) is 10.0. The van der Waals surface area contributed by atoms with Gasteiger partial charge in [0.1, 0.15) is 5.72 Å². The Morgan fingerprint density at radius 3 is 2.20 bits per heavy atom. The van der Waals surface area contributed by atoms with Crippen LogP contribution in [0.4, 0.5) is 0 Å². The third-order valence-electron chi connectivity index (χ3n) is 4.89. The van der Waals surface area contributed by atoms with Crippen LogP contribution < -0.4 is 5.32 Å². The third-order valence-corrected chi connectivity index (χ3v) is 4.89. The number of ether oxygens (including phenoxy) is 1. The van der Waals surface area contributed by atoms with Crippen molar-refractivity contribution in [2.75, 3.05) is 6.61 Å². The van der Waals surface area contributed by atoms with Crippen LogP contribution in [0.25, 0.3) is 0 Å². The van der Waals surface area contributed by atoms with E-state index in [2.05, 4.69) is 19.2 Å². The molecule has 0 bridgehead atoms. The van der Waals surface area contributed by atoms with Gasteiger partial charge in [0.05, 0.1) is 6.61 Å². The van der Waals surface area contributed by atoms with Gasteiger partial charge in [-0.15, -0.1) is 0 Å². The van der Waals surface area contributed by atoms with E-state index < -0.39 is 0 Å². The lowest BCUT2D eigenvalue weighted by atomic mass is 9.60. The fourth-order valence-electron chi connectivity index (χ4n) is 3.60. The average Bonchev–Trinajstić information content (AvgIpc) is 2.11. The molecule has 15 heavy (non-hydrogen) atoms. The van der Waals surface area contributed by atoms with Crippen LogP contribution in [0.3, 0.4) is 0 Å². The van der Waals surface area contributed by atoms with Crippen molar-refractivity contribution in [1.82, 2.24) is 5.32 Å². The number of nitrogens with one attached hydrogen (secondary N) is 1. The molecule has 0 amide bonds. The lowest BCUT2D eigenvalue weighted by Gasteiger charge is -2.60. The molecule has 1 aliphatic heterocycles. The smallest absolute Gasteiger partial charge is 0.119 e. The molecule has 2 saturated carbocycles. The molecule has 1 saturated heterocycles. The molecule has 1 unspecified atom stereocenters. The fraction of sp³-hybridized carbons (Fsp3) is 1.00. The maximum atomic E-state index is 6.13. The molecule has 2 spiro atoms. The van der Waals surface area contributed by atoms with Crippen molar-refractivity contribution >= 4 is 0 Å². The maximum absolute atomic E-state index is 6.13. The standard InChI is InChI=1S/C13H23NO/c1-10(2)11-12(5-3-6-12)9-15-13(14-11)7-4-8-13/h10-11,14H,3-9H2,1-2H3. The molecule has 2 heteroatoms. The Morgan fingerprint density at radius 2 is 1.80 bits per heavy atom. The molecule has 1 atom stereocenters. The quantitative estimate of drug-likeness (QED) is 0.717. The Hall–Kier alpha value is -0.0800. The monoisotopic (exact) mass is 209 g/mol. The summed E-state index contributed by atoms with van der Waals surface area (Å²) in [5.41, 5.74) is 0.588. The second-order valence-corrected chi connectivity index (χ2v) is 6.22. The summed E-state index contributed by atoms with van der Waals surface area (Å²) in [5, 5.41) is 3.84. The molecule has 86 valence electrons. The lowest BCUT2D eigenvalue weighted by Crippen LogP contribution is -2.70. The average molecular weight is 209 g/mol. The van der Waals surface area contributed by atoms with Crippen LogP contribution in [-0.4, -0.2) is 18.4 Å². The second kappa shape index (κ2) is 3.21. The third kappa shape index (κ3) is 1.38. The van der Waals surface area contributed by atoms with Crippen LogP contribution in [0.15, 0.2) is 0 Å². The van der Waals surface area contributed by atoms with Crippen molar-refractivity contribution < 1.29 is 4.74 Å². The zero-order valence-electron chi connectivity index (χ0n) is 10.0. The highest BCUT2D eigenvalue weighted by atomic mass is 16.5. The van der Waals surface area contributed by atoms with E-state index in [-0.39, 0.29) is 5.72 Å². The van der Waals surface area contributed by atoms with E-state index in [0.717, 1.165) is 12.5 Å². The molecule has 0 aromatic carbocycles. The first kappa shape index (κ1) is 10.1. The van der Waals surface area contributed by atoms with E-state index >= 15 is 0 Å². The van der Waals surface area contributed by atoms with Gasteiger partial charge >= 0.3 is 0 Å². The van der Waals surface area contributed by atoms with Gasteiger partial charge < -0.3 is 4.74 Å². The summed E-state index contributed by atoms with van der Waals surface area (Å²) in [6, 6.07) is 0.695. The van der Waals surface area contributed by atoms with Crippen molar-refractivity contribution in [2.45, 2.75) is 64.1 Å². The molecule has 0 aromatic heterocycles. The molecule has 2 aliphatic carbocycles. The van der Waals surface area contributed by atoms with E-state index in [1.165, 1.54) is 38.5 Å². The highest BCUT2D eigenvalue weighted by Crippen LogP contribution is 2.52. The summed E-state index contributed by atoms with van der Waals surface area (Å²) >= 11 is 0. The predicted molar refractivity (Wildman–Crippen MR) is 60.6 cm³/mol. The van der Waals surface area contributed by atoms with Gasteiger partial charge in [0, 0.05) is 11.5 Å². The van der Waals surface area contributed by atoms with E-state index in [0.29, 0.717) is 11.5 Å². The van der Waals surface area contributed by atoms with Crippen molar-refractivity contribution in [3.63, 3.8) is 0 Å². The summed E-state index contributed by atoms with van der Waals surface area (Å²) < 4.78 is 6.13. The van der Waals surface area contributed by atoms with Crippen molar-refractivity contribution in [1.29, 1.82) is 0 Å². The normalized spacial score (nSPS) is 36.6. The first-order chi connectivity index (χ1) is 7.16. The largest absolute Gasteiger partial charge is 0.360 e. The first-order valence-corrected chi connectivity index (χ1v) is 6.58. The molecule has 3 rings (SSSR count). The minimum Gasteiger partial charge on any atom is -0.360 e. The van der Waals surface area contributed by atoms with Crippen LogP contribution in [0.2, 0.25) is 0 Å². The van der Waals surface area contributed by atoms with E-state index in [1.807, 2.05) is 0 Å². The fourth-order valence-corrected chi connectivity index (χ4v) is 3.60. The molecule has 2 nitrogen and oxygen atoms in total. The SMILES string of the molecule is CC(C)C1NC2(CCC2)OCC12CCC2. The molecule has 0 radical (unpaired) electrons. The molecule has 1 heterocycles. The molecule has 3 aliphatic rings. The van der Waals surface area contributed by atoms with Crippen LogP contribution >= 0.6 is 0 Å². The maximum Gasteiger partial charge on any atom is 0.119 e. The highest BCUT2D eigenvalue weighted by Gasteiger charge is 2.54. The molecular formula is C13H23NO. The Morgan fingerprint density at radius 1 is 1.13 bits per heavy atom. The summed E-state index contributed by atoms with van der Waals surface area (Å²) in [6.07, 6.45) is 7.95. The van der Waals surface area contributed by atoms with Gasteiger partial charge in [0.2, 0.25) is 0 Å². The van der Waals surface area contributed by atoms with Gasteiger partial charge in [-0.1, -0.05) is 20.3 Å². The van der Waals surface area contributed by atoms with Gasteiger partial charge in [0.25, 0.3) is 0 Å². The Kier molecular flexibility index (Phi) is 2.16. The number of rotatable bonds is 1. The minimum atomic E-state index is 0.0930. The molecule has 0 aromatic rings. The van der Waals surface area contributed by atoms with Gasteiger partial charge in [-0.3, -0.25) is 5.32 Å².